The van der Waals surface area contributed by atoms with Crippen LogP contribution in [0, 0.1) is 0 Å². The SMILES string of the molecule is CC1(N2CCCC2)CCc2ccc(-c3cnc4[nH]nc(-c5ccc6c(c5)OCCNC6=O)c4c3)cc2CC1. The van der Waals surface area contributed by atoms with Gasteiger partial charge in [-0.15, -0.1) is 0 Å². The monoisotopic (exact) mass is 507 g/mol. The number of carbonyl (C=O) groups excluding carboxylic acids is 1. The largest absolute Gasteiger partial charge is 0.491 e. The van der Waals surface area contributed by atoms with Gasteiger partial charge in [0.05, 0.1) is 12.1 Å². The molecule has 7 heteroatoms. The van der Waals surface area contributed by atoms with Crippen LogP contribution in [0.5, 0.6) is 5.75 Å². The van der Waals surface area contributed by atoms with E-state index in [1.54, 1.807) is 0 Å². The number of benzene rings is 2. The van der Waals surface area contributed by atoms with Crippen molar-refractivity contribution in [3.8, 4) is 28.1 Å². The first kappa shape index (κ1) is 23.4. The molecular weight excluding hydrogens is 474 g/mol. The van der Waals surface area contributed by atoms with E-state index in [0.717, 1.165) is 40.7 Å². The molecule has 1 aliphatic carbocycles. The molecule has 3 aliphatic rings. The number of pyridine rings is 1. The molecule has 1 fully saturated rings. The number of hydrogen-bond donors (Lipinski definition) is 2. The fourth-order valence-corrected chi connectivity index (χ4v) is 6.47. The molecule has 0 saturated carbocycles. The van der Waals surface area contributed by atoms with Crippen LogP contribution in [0.25, 0.3) is 33.4 Å². The number of nitrogens with one attached hydrogen (secondary N) is 2. The van der Waals surface area contributed by atoms with Gasteiger partial charge in [0.15, 0.2) is 5.65 Å². The van der Waals surface area contributed by atoms with Crippen LogP contribution in [0.3, 0.4) is 0 Å². The Kier molecular flexibility index (Phi) is 5.69. The molecule has 2 aromatic heterocycles. The highest BCUT2D eigenvalue weighted by Gasteiger charge is 2.34. The van der Waals surface area contributed by atoms with Gasteiger partial charge >= 0.3 is 0 Å². The lowest BCUT2D eigenvalue weighted by atomic mass is 9.90. The maximum Gasteiger partial charge on any atom is 0.255 e. The zero-order valence-corrected chi connectivity index (χ0v) is 21.8. The van der Waals surface area contributed by atoms with Gasteiger partial charge in [0.2, 0.25) is 0 Å². The Hall–Kier alpha value is -3.71. The molecule has 0 bridgehead atoms. The number of likely N-dealkylation sites (tertiary alicyclic amines) is 1. The van der Waals surface area contributed by atoms with Crippen molar-refractivity contribution >= 4 is 16.9 Å². The fourth-order valence-electron chi connectivity index (χ4n) is 6.47. The van der Waals surface area contributed by atoms with Crippen molar-refractivity contribution in [1.29, 1.82) is 0 Å². The Balaban J connectivity index is 1.21. The van der Waals surface area contributed by atoms with Crippen molar-refractivity contribution in [3.05, 3.63) is 65.4 Å². The van der Waals surface area contributed by atoms with Gasteiger partial charge in [0.25, 0.3) is 5.91 Å². The van der Waals surface area contributed by atoms with Gasteiger partial charge in [-0.2, -0.15) is 5.10 Å². The van der Waals surface area contributed by atoms with Crippen LogP contribution >= 0.6 is 0 Å². The smallest absolute Gasteiger partial charge is 0.255 e. The average molecular weight is 508 g/mol. The predicted molar refractivity (Wildman–Crippen MR) is 148 cm³/mol. The molecule has 1 unspecified atom stereocenters. The van der Waals surface area contributed by atoms with Crippen molar-refractivity contribution < 1.29 is 9.53 Å². The highest BCUT2D eigenvalue weighted by atomic mass is 16.5. The van der Waals surface area contributed by atoms with E-state index in [-0.39, 0.29) is 5.91 Å². The van der Waals surface area contributed by atoms with Crippen LogP contribution in [0.15, 0.2) is 48.7 Å². The van der Waals surface area contributed by atoms with Crippen molar-refractivity contribution in [2.45, 2.75) is 51.0 Å². The molecule has 7 rings (SSSR count). The molecule has 2 N–H and O–H groups in total. The molecule has 2 aliphatic heterocycles. The minimum absolute atomic E-state index is 0.108. The van der Waals surface area contributed by atoms with E-state index < -0.39 is 0 Å². The van der Waals surface area contributed by atoms with E-state index in [2.05, 4.69) is 51.6 Å². The summed E-state index contributed by atoms with van der Waals surface area (Å²) in [4.78, 5) is 19.8. The molecule has 0 radical (unpaired) electrons. The topological polar surface area (TPSA) is 83.1 Å². The molecular formula is C31H33N5O2. The Labute approximate surface area is 222 Å². The molecule has 38 heavy (non-hydrogen) atoms. The summed E-state index contributed by atoms with van der Waals surface area (Å²) in [6.07, 6.45) is 9.32. The number of hydrogen-bond acceptors (Lipinski definition) is 5. The van der Waals surface area contributed by atoms with Gasteiger partial charge in [-0.3, -0.25) is 14.8 Å². The summed E-state index contributed by atoms with van der Waals surface area (Å²) in [5.74, 6) is 0.480. The second kappa shape index (κ2) is 9.24. The first-order valence-corrected chi connectivity index (χ1v) is 13.8. The molecule has 194 valence electrons. The van der Waals surface area contributed by atoms with E-state index in [4.69, 9.17) is 9.72 Å². The number of aromatic amines is 1. The predicted octanol–water partition coefficient (Wildman–Crippen LogP) is 5.15. The third kappa shape index (κ3) is 4.06. The number of amides is 1. The van der Waals surface area contributed by atoms with Crippen molar-refractivity contribution in [2.75, 3.05) is 26.2 Å². The molecule has 0 spiro atoms. The number of rotatable bonds is 3. The number of H-pyrrole nitrogens is 1. The standard InChI is InChI=1S/C31H33N5O2/c1-31(36-13-2-3-14-36)10-8-20-4-5-21(16-22(20)9-11-31)24-17-26-28(34-35-29(26)33-19-24)23-6-7-25-27(18-23)38-15-12-32-30(25)37/h4-7,16-19H,2-3,8-15H2,1H3,(H,32,37)(H,33,34,35). The summed E-state index contributed by atoms with van der Waals surface area (Å²) < 4.78 is 5.83. The van der Waals surface area contributed by atoms with Crippen LogP contribution in [0.2, 0.25) is 0 Å². The second-order valence-electron chi connectivity index (χ2n) is 11.2. The van der Waals surface area contributed by atoms with Gasteiger partial charge in [0.1, 0.15) is 18.1 Å². The van der Waals surface area contributed by atoms with Gasteiger partial charge in [-0.05, 0) is 93.4 Å². The van der Waals surface area contributed by atoms with E-state index in [1.165, 1.54) is 55.5 Å². The third-order valence-corrected chi connectivity index (χ3v) is 8.84. The minimum Gasteiger partial charge on any atom is -0.491 e. The van der Waals surface area contributed by atoms with E-state index in [0.29, 0.717) is 30.0 Å². The summed E-state index contributed by atoms with van der Waals surface area (Å²) in [6.45, 7) is 5.93. The van der Waals surface area contributed by atoms with Crippen LogP contribution < -0.4 is 10.1 Å². The maximum absolute atomic E-state index is 12.3. The van der Waals surface area contributed by atoms with Crippen molar-refractivity contribution in [2.24, 2.45) is 0 Å². The Bertz CT molecular complexity index is 1540. The average Bonchev–Trinajstić information content (AvgIpc) is 3.56. The van der Waals surface area contributed by atoms with Gasteiger partial charge in [-0.1, -0.05) is 24.3 Å². The van der Waals surface area contributed by atoms with E-state index in [9.17, 15) is 4.79 Å². The quantitative estimate of drug-likeness (QED) is 0.375. The van der Waals surface area contributed by atoms with E-state index >= 15 is 0 Å². The zero-order valence-electron chi connectivity index (χ0n) is 21.8. The number of nitrogens with zero attached hydrogens (tertiary/aromatic N) is 3. The maximum atomic E-state index is 12.3. The summed E-state index contributed by atoms with van der Waals surface area (Å²) in [5, 5.41) is 11.5. The molecule has 2 aromatic carbocycles. The number of aromatic nitrogens is 3. The third-order valence-electron chi connectivity index (χ3n) is 8.84. The van der Waals surface area contributed by atoms with Crippen LogP contribution in [0.4, 0.5) is 0 Å². The fraction of sp³-hybridized carbons (Fsp3) is 0.387. The lowest BCUT2D eigenvalue weighted by Gasteiger charge is -2.38. The Morgan fingerprint density at radius 1 is 0.947 bits per heavy atom. The summed E-state index contributed by atoms with van der Waals surface area (Å²) in [6, 6.07) is 14.8. The highest BCUT2D eigenvalue weighted by molar-refractivity contribution is 5.99. The molecule has 4 aromatic rings. The van der Waals surface area contributed by atoms with Gasteiger partial charge < -0.3 is 10.1 Å². The first-order chi connectivity index (χ1) is 18.6. The lowest BCUT2D eigenvalue weighted by molar-refractivity contribution is 0.0957. The molecule has 7 nitrogen and oxygen atoms in total. The van der Waals surface area contributed by atoms with Crippen molar-refractivity contribution in [1.82, 2.24) is 25.4 Å². The Morgan fingerprint density at radius 2 is 1.76 bits per heavy atom. The number of fused-ring (bicyclic) bond motifs is 3. The van der Waals surface area contributed by atoms with Gasteiger partial charge in [-0.25, -0.2) is 4.98 Å². The summed E-state index contributed by atoms with van der Waals surface area (Å²) in [7, 11) is 0. The van der Waals surface area contributed by atoms with Crippen molar-refractivity contribution in [3.63, 3.8) is 0 Å². The number of carbonyl (C=O) groups is 1. The number of aryl methyl sites for hydroxylation is 2. The summed E-state index contributed by atoms with van der Waals surface area (Å²) in [5.41, 5.74) is 8.54. The van der Waals surface area contributed by atoms with E-state index in [1.807, 2.05) is 24.4 Å². The molecule has 1 amide bonds. The molecule has 1 atom stereocenters. The van der Waals surface area contributed by atoms with Crippen LogP contribution in [-0.4, -0.2) is 57.8 Å². The molecule has 1 saturated heterocycles. The normalized spacial score (nSPS) is 21.8. The van der Waals surface area contributed by atoms with Gasteiger partial charge in [0, 0.05) is 28.2 Å². The molecule has 4 heterocycles. The zero-order chi connectivity index (χ0) is 25.7. The first-order valence-electron chi connectivity index (χ1n) is 13.8. The second-order valence-corrected chi connectivity index (χ2v) is 11.2. The minimum atomic E-state index is -0.108. The highest BCUT2D eigenvalue weighted by Crippen LogP contribution is 2.37. The number of ether oxygens (including phenoxy) is 1. The van der Waals surface area contributed by atoms with Crippen LogP contribution in [-0.2, 0) is 12.8 Å². The van der Waals surface area contributed by atoms with Crippen LogP contribution in [0.1, 0.15) is 54.1 Å². The lowest BCUT2D eigenvalue weighted by Crippen LogP contribution is -2.44. The summed E-state index contributed by atoms with van der Waals surface area (Å²) >= 11 is 0. The Morgan fingerprint density at radius 3 is 2.63 bits per heavy atom.